The lowest BCUT2D eigenvalue weighted by Crippen LogP contribution is -1.89. The van der Waals surface area contributed by atoms with Gasteiger partial charge in [-0.15, -0.1) is 0 Å². The van der Waals surface area contributed by atoms with E-state index in [1.165, 1.54) is 29.9 Å². The van der Waals surface area contributed by atoms with Crippen molar-refractivity contribution >= 4 is 23.7 Å². The van der Waals surface area contributed by atoms with Crippen molar-refractivity contribution in [2.24, 2.45) is 0 Å². The van der Waals surface area contributed by atoms with Crippen LogP contribution in [0, 0.1) is 0 Å². The molecule has 2 heteroatoms. The van der Waals surface area contributed by atoms with Crippen molar-refractivity contribution in [3.63, 3.8) is 0 Å². The molecule has 1 aromatic rings. The zero-order valence-electron chi connectivity index (χ0n) is 11.1. The maximum Gasteiger partial charge on any atom is 0.307 e. The number of rotatable bonds is 3. The molecule has 0 saturated carbocycles. The Bertz CT molecular complexity index is 602. The maximum atomic E-state index is 10.7. The zero-order valence-corrected chi connectivity index (χ0v) is 11.1. The molecule has 1 aliphatic carbocycles. The molecule has 1 aromatic carbocycles. The Labute approximate surface area is 113 Å². The molecule has 0 aliphatic heterocycles. The molecule has 0 saturated heterocycles. The minimum absolute atomic E-state index is 0.313. The summed E-state index contributed by atoms with van der Waals surface area (Å²) in [7, 11) is 0. The quantitative estimate of drug-likeness (QED) is 0.595. The number of fused-ring (bicyclic) bond motifs is 1. The number of carbonyl (C=O) groups is 1. The van der Waals surface area contributed by atoms with E-state index in [1.807, 2.05) is 19.1 Å². The fraction of sp³-hybridized carbons (Fsp3) is 0.118. The molecule has 0 heterocycles. The van der Waals surface area contributed by atoms with Gasteiger partial charge in [0.05, 0.1) is 6.26 Å². The van der Waals surface area contributed by atoms with Gasteiger partial charge >= 0.3 is 5.97 Å². The first kappa shape index (κ1) is 13.1. The van der Waals surface area contributed by atoms with Gasteiger partial charge in [-0.3, -0.25) is 4.79 Å². The highest BCUT2D eigenvalue weighted by atomic mass is 16.5. The molecule has 1 aliphatic rings. The summed E-state index contributed by atoms with van der Waals surface area (Å²) >= 11 is 0. The van der Waals surface area contributed by atoms with Gasteiger partial charge in [0.2, 0.25) is 0 Å². The van der Waals surface area contributed by atoms with Crippen molar-refractivity contribution in [3.05, 3.63) is 65.5 Å². The van der Waals surface area contributed by atoms with E-state index in [9.17, 15) is 4.79 Å². The number of allylic oxidation sites excluding steroid dienone is 5. The van der Waals surface area contributed by atoms with Gasteiger partial charge in [-0.25, -0.2) is 0 Å². The second-order valence-corrected chi connectivity index (χ2v) is 4.20. The summed E-state index contributed by atoms with van der Waals surface area (Å²) in [6.45, 7) is 3.39. The molecule has 0 atom stereocenters. The van der Waals surface area contributed by atoms with Crippen LogP contribution in [0.25, 0.3) is 17.7 Å². The Morgan fingerprint density at radius 3 is 2.84 bits per heavy atom. The number of carbonyl (C=O) groups excluding carboxylic acids is 1. The standard InChI is InChI=1S/C17H16O2/c1-3-6-14-7-4-8-15-10-11-16(17(14)15)9-5-12-19-13(2)18/h3-12H,1-2H3/b6-3-,12-5+,16-9-. The van der Waals surface area contributed by atoms with E-state index in [0.29, 0.717) is 0 Å². The summed E-state index contributed by atoms with van der Waals surface area (Å²) in [4.78, 5) is 10.7. The highest BCUT2D eigenvalue weighted by molar-refractivity contribution is 5.94. The highest BCUT2D eigenvalue weighted by Gasteiger charge is 2.12. The third-order valence-corrected chi connectivity index (χ3v) is 2.79. The van der Waals surface area contributed by atoms with Gasteiger partial charge in [0, 0.05) is 6.92 Å². The van der Waals surface area contributed by atoms with E-state index in [4.69, 9.17) is 4.74 Å². The molecule has 2 nitrogen and oxygen atoms in total. The van der Waals surface area contributed by atoms with Crippen LogP contribution in [0.3, 0.4) is 0 Å². The van der Waals surface area contributed by atoms with Gasteiger partial charge < -0.3 is 4.74 Å². The third-order valence-electron chi connectivity index (χ3n) is 2.79. The second-order valence-electron chi connectivity index (χ2n) is 4.20. The van der Waals surface area contributed by atoms with Crippen LogP contribution in [0.5, 0.6) is 0 Å². The molecule has 0 spiro atoms. The van der Waals surface area contributed by atoms with Crippen molar-refractivity contribution in [3.8, 4) is 0 Å². The molecule has 0 unspecified atom stereocenters. The SMILES string of the molecule is C/C=C\c1cccc2c1/C(=C\C=C\OC(C)=O)C=C2. The Kier molecular flexibility index (Phi) is 4.14. The lowest BCUT2D eigenvalue weighted by molar-refractivity contribution is -0.135. The zero-order chi connectivity index (χ0) is 13.7. The van der Waals surface area contributed by atoms with Crippen LogP contribution in [0.4, 0.5) is 0 Å². The predicted octanol–water partition coefficient (Wildman–Crippen LogP) is 4.21. The minimum Gasteiger partial charge on any atom is -0.435 e. The summed E-state index contributed by atoms with van der Waals surface area (Å²) in [5.41, 5.74) is 4.74. The minimum atomic E-state index is -0.313. The summed E-state index contributed by atoms with van der Waals surface area (Å²) in [6.07, 6.45) is 13.4. The normalized spacial score (nSPS) is 15.6. The molecular weight excluding hydrogens is 236 g/mol. The van der Waals surface area contributed by atoms with Crippen LogP contribution >= 0.6 is 0 Å². The first-order valence-corrected chi connectivity index (χ1v) is 6.20. The Morgan fingerprint density at radius 2 is 2.11 bits per heavy atom. The lowest BCUT2D eigenvalue weighted by Gasteiger charge is -2.05. The Morgan fingerprint density at radius 1 is 1.26 bits per heavy atom. The topological polar surface area (TPSA) is 26.3 Å². The fourth-order valence-electron chi connectivity index (χ4n) is 2.06. The van der Waals surface area contributed by atoms with E-state index < -0.39 is 0 Å². The second kappa shape index (κ2) is 6.01. The predicted molar refractivity (Wildman–Crippen MR) is 79.1 cm³/mol. The summed E-state index contributed by atoms with van der Waals surface area (Å²) in [5, 5.41) is 0. The van der Waals surface area contributed by atoms with Crippen molar-refractivity contribution < 1.29 is 9.53 Å². The molecular formula is C17H16O2. The monoisotopic (exact) mass is 252 g/mol. The van der Waals surface area contributed by atoms with Crippen LogP contribution in [-0.4, -0.2) is 5.97 Å². The number of esters is 1. The fourth-order valence-corrected chi connectivity index (χ4v) is 2.06. The van der Waals surface area contributed by atoms with Crippen molar-refractivity contribution in [1.29, 1.82) is 0 Å². The van der Waals surface area contributed by atoms with E-state index in [1.54, 1.807) is 6.08 Å². The van der Waals surface area contributed by atoms with Crippen LogP contribution in [0.2, 0.25) is 0 Å². The Hall–Kier alpha value is -2.35. The molecule has 0 radical (unpaired) electrons. The molecule has 0 N–H and O–H groups in total. The van der Waals surface area contributed by atoms with Crippen molar-refractivity contribution in [2.75, 3.05) is 0 Å². The third kappa shape index (κ3) is 3.10. The maximum absolute atomic E-state index is 10.7. The number of ether oxygens (including phenoxy) is 1. The van der Waals surface area contributed by atoms with E-state index in [-0.39, 0.29) is 5.97 Å². The first-order valence-electron chi connectivity index (χ1n) is 6.20. The smallest absolute Gasteiger partial charge is 0.307 e. The van der Waals surface area contributed by atoms with Crippen molar-refractivity contribution in [2.45, 2.75) is 13.8 Å². The first-order chi connectivity index (χ1) is 9.22. The van der Waals surface area contributed by atoms with E-state index >= 15 is 0 Å². The largest absolute Gasteiger partial charge is 0.435 e. The number of benzene rings is 1. The summed E-state index contributed by atoms with van der Waals surface area (Å²) in [6, 6.07) is 6.24. The molecule has 2 rings (SSSR count). The van der Waals surface area contributed by atoms with Gasteiger partial charge in [-0.05, 0) is 35.3 Å². The van der Waals surface area contributed by atoms with Gasteiger partial charge in [0.1, 0.15) is 0 Å². The van der Waals surface area contributed by atoms with Crippen LogP contribution in [0.1, 0.15) is 30.5 Å². The molecule has 0 fully saturated rings. The summed E-state index contributed by atoms with van der Waals surface area (Å²) < 4.78 is 4.77. The average Bonchev–Trinajstić information content (AvgIpc) is 2.79. The van der Waals surface area contributed by atoms with E-state index in [2.05, 4.69) is 36.4 Å². The number of hydrogen-bond donors (Lipinski definition) is 0. The molecule has 0 amide bonds. The Balaban J connectivity index is 2.30. The highest BCUT2D eigenvalue weighted by Crippen LogP contribution is 2.32. The lowest BCUT2D eigenvalue weighted by atomic mass is 9.99. The number of hydrogen-bond acceptors (Lipinski definition) is 2. The molecule has 96 valence electrons. The van der Waals surface area contributed by atoms with Gasteiger partial charge in [-0.1, -0.05) is 48.6 Å². The van der Waals surface area contributed by atoms with Crippen LogP contribution in [-0.2, 0) is 9.53 Å². The summed E-state index contributed by atoms with van der Waals surface area (Å²) in [5.74, 6) is -0.313. The van der Waals surface area contributed by atoms with Gasteiger partial charge in [-0.2, -0.15) is 0 Å². The molecule has 19 heavy (non-hydrogen) atoms. The van der Waals surface area contributed by atoms with Crippen LogP contribution in [0.15, 0.2) is 48.8 Å². The molecule has 0 bridgehead atoms. The van der Waals surface area contributed by atoms with E-state index in [0.717, 1.165) is 5.57 Å². The van der Waals surface area contributed by atoms with Gasteiger partial charge in [0.25, 0.3) is 0 Å². The average molecular weight is 252 g/mol. The van der Waals surface area contributed by atoms with Gasteiger partial charge in [0.15, 0.2) is 0 Å². The molecule has 0 aromatic heterocycles. The van der Waals surface area contributed by atoms with Crippen molar-refractivity contribution in [1.82, 2.24) is 0 Å². The van der Waals surface area contributed by atoms with Crippen LogP contribution < -0.4 is 0 Å².